The highest BCUT2D eigenvalue weighted by Gasteiger charge is 2.31. The van der Waals surface area contributed by atoms with Crippen LogP contribution in [0.25, 0.3) is 0 Å². The molecule has 2 fully saturated rings. The molecule has 1 saturated carbocycles. The molecule has 1 aromatic rings. The van der Waals surface area contributed by atoms with E-state index in [1.54, 1.807) is 0 Å². The minimum absolute atomic E-state index is 0.371. The number of amides is 1. The maximum atomic E-state index is 11.8. The lowest BCUT2D eigenvalue weighted by Gasteiger charge is -2.34. The molecule has 1 saturated heterocycles. The van der Waals surface area contributed by atoms with Crippen molar-refractivity contribution in [1.82, 2.24) is 4.90 Å². The standard InChI is InChI=1S/C16H22N2O/c17-14-7-3-12(4-8-14)13-5-9-15(10-6-13)18-11-1-2-16(18)19/h3-4,7-8,13,15H,1-2,5-6,9-11,17H2. The summed E-state index contributed by atoms with van der Waals surface area (Å²) >= 11 is 0. The Morgan fingerprint density at radius 3 is 2.32 bits per heavy atom. The van der Waals surface area contributed by atoms with Gasteiger partial charge in [0.2, 0.25) is 5.91 Å². The Kier molecular flexibility index (Phi) is 3.45. The lowest BCUT2D eigenvalue weighted by molar-refractivity contribution is -0.130. The number of benzene rings is 1. The highest BCUT2D eigenvalue weighted by molar-refractivity contribution is 5.78. The van der Waals surface area contributed by atoms with Crippen molar-refractivity contribution in [2.24, 2.45) is 0 Å². The topological polar surface area (TPSA) is 46.3 Å². The second-order valence-corrected chi connectivity index (χ2v) is 5.86. The van der Waals surface area contributed by atoms with Gasteiger partial charge >= 0.3 is 0 Å². The van der Waals surface area contributed by atoms with E-state index in [9.17, 15) is 4.79 Å². The second kappa shape index (κ2) is 5.24. The van der Waals surface area contributed by atoms with Crippen LogP contribution in [0.3, 0.4) is 0 Å². The number of likely N-dealkylation sites (tertiary alicyclic amines) is 1. The highest BCUT2D eigenvalue weighted by atomic mass is 16.2. The molecule has 0 radical (unpaired) electrons. The van der Waals surface area contributed by atoms with Crippen molar-refractivity contribution in [1.29, 1.82) is 0 Å². The zero-order valence-electron chi connectivity index (χ0n) is 11.3. The maximum absolute atomic E-state index is 11.8. The van der Waals surface area contributed by atoms with Crippen LogP contribution in [0.4, 0.5) is 5.69 Å². The highest BCUT2D eigenvalue weighted by Crippen LogP contribution is 2.36. The van der Waals surface area contributed by atoms with E-state index in [0.717, 1.165) is 37.9 Å². The van der Waals surface area contributed by atoms with Crippen molar-refractivity contribution in [3.63, 3.8) is 0 Å². The largest absolute Gasteiger partial charge is 0.399 e. The van der Waals surface area contributed by atoms with Gasteiger partial charge in [-0.15, -0.1) is 0 Å². The molecule has 3 heteroatoms. The van der Waals surface area contributed by atoms with Gasteiger partial charge in [0.05, 0.1) is 0 Å². The first-order valence-electron chi connectivity index (χ1n) is 7.39. The third kappa shape index (κ3) is 2.60. The number of nitrogens with two attached hydrogens (primary N) is 1. The molecule has 3 nitrogen and oxygen atoms in total. The number of nitrogen functional groups attached to an aromatic ring is 1. The van der Waals surface area contributed by atoms with Gasteiger partial charge in [0, 0.05) is 24.7 Å². The molecule has 1 heterocycles. The molecule has 102 valence electrons. The predicted octanol–water partition coefficient (Wildman–Crippen LogP) is 2.92. The van der Waals surface area contributed by atoms with Gasteiger partial charge in [-0.2, -0.15) is 0 Å². The molecule has 1 aliphatic carbocycles. The molecule has 2 aliphatic rings. The van der Waals surface area contributed by atoms with Gasteiger partial charge in [-0.25, -0.2) is 0 Å². The van der Waals surface area contributed by atoms with Crippen molar-refractivity contribution < 1.29 is 4.79 Å². The van der Waals surface area contributed by atoms with Crippen LogP contribution in [0.1, 0.15) is 50.0 Å². The van der Waals surface area contributed by atoms with Crippen LogP contribution in [-0.4, -0.2) is 23.4 Å². The molecule has 0 aromatic heterocycles. The lowest BCUT2D eigenvalue weighted by atomic mass is 9.81. The number of anilines is 1. The minimum atomic E-state index is 0.371. The number of nitrogens with zero attached hydrogens (tertiary/aromatic N) is 1. The van der Waals surface area contributed by atoms with E-state index in [1.807, 2.05) is 12.1 Å². The van der Waals surface area contributed by atoms with E-state index in [-0.39, 0.29) is 0 Å². The monoisotopic (exact) mass is 258 g/mol. The van der Waals surface area contributed by atoms with Crippen molar-refractivity contribution in [3.05, 3.63) is 29.8 Å². The Morgan fingerprint density at radius 1 is 1.05 bits per heavy atom. The van der Waals surface area contributed by atoms with E-state index >= 15 is 0 Å². The van der Waals surface area contributed by atoms with E-state index in [2.05, 4.69) is 17.0 Å². The maximum Gasteiger partial charge on any atom is 0.222 e. The Labute approximate surface area is 114 Å². The molecule has 1 aromatic carbocycles. The van der Waals surface area contributed by atoms with E-state index < -0.39 is 0 Å². The van der Waals surface area contributed by atoms with Crippen LogP contribution in [0, 0.1) is 0 Å². The Balaban J connectivity index is 1.60. The van der Waals surface area contributed by atoms with Gasteiger partial charge in [-0.05, 0) is 55.7 Å². The van der Waals surface area contributed by atoms with Gasteiger partial charge in [-0.1, -0.05) is 12.1 Å². The fraction of sp³-hybridized carbons (Fsp3) is 0.562. The van der Waals surface area contributed by atoms with Crippen molar-refractivity contribution >= 4 is 11.6 Å². The summed E-state index contributed by atoms with van der Waals surface area (Å²) in [6.45, 7) is 0.982. The molecular weight excluding hydrogens is 236 g/mol. The van der Waals surface area contributed by atoms with Crippen LogP contribution in [0.5, 0.6) is 0 Å². The van der Waals surface area contributed by atoms with Crippen LogP contribution in [0.2, 0.25) is 0 Å². The fourth-order valence-electron chi connectivity index (χ4n) is 3.54. The number of hydrogen-bond donors (Lipinski definition) is 1. The van der Waals surface area contributed by atoms with Gasteiger partial charge in [-0.3, -0.25) is 4.79 Å². The quantitative estimate of drug-likeness (QED) is 0.829. The summed E-state index contributed by atoms with van der Waals surface area (Å²) in [5.74, 6) is 1.02. The lowest BCUT2D eigenvalue weighted by Crippen LogP contribution is -2.38. The van der Waals surface area contributed by atoms with Crippen LogP contribution >= 0.6 is 0 Å². The Hall–Kier alpha value is -1.51. The fourth-order valence-corrected chi connectivity index (χ4v) is 3.54. The van der Waals surface area contributed by atoms with Gasteiger partial charge < -0.3 is 10.6 Å². The molecule has 19 heavy (non-hydrogen) atoms. The molecule has 1 aliphatic heterocycles. The van der Waals surface area contributed by atoms with E-state index in [1.165, 1.54) is 18.4 Å². The summed E-state index contributed by atoms with van der Waals surface area (Å²) in [6.07, 6.45) is 6.51. The summed E-state index contributed by atoms with van der Waals surface area (Å²) in [5, 5.41) is 0. The minimum Gasteiger partial charge on any atom is -0.399 e. The van der Waals surface area contributed by atoms with Crippen molar-refractivity contribution in [2.75, 3.05) is 12.3 Å². The van der Waals surface area contributed by atoms with E-state index in [4.69, 9.17) is 5.73 Å². The third-order valence-corrected chi connectivity index (χ3v) is 4.66. The van der Waals surface area contributed by atoms with Crippen LogP contribution in [0.15, 0.2) is 24.3 Å². The summed E-state index contributed by atoms with van der Waals surface area (Å²) in [5.41, 5.74) is 7.97. The first-order chi connectivity index (χ1) is 9.24. The number of rotatable bonds is 2. The SMILES string of the molecule is Nc1ccc(C2CCC(N3CCCC3=O)CC2)cc1. The normalized spacial score (nSPS) is 27.8. The summed E-state index contributed by atoms with van der Waals surface area (Å²) in [6, 6.07) is 8.79. The molecule has 0 bridgehead atoms. The number of hydrogen-bond acceptors (Lipinski definition) is 2. The summed E-state index contributed by atoms with van der Waals surface area (Å²) in [4.78, 5) is 13.9. The van der Waals surface area contributed by atoms with E-state index in [0.29, 0.717) is 17.9 Å². The molecule has 0 spiro atoms. The average molecular weight is 258 g/mol. The first-order valence-corrected chi connectivity index (χ1v) is 7.39. The number of carbonyl (C=O) groups excluding carboxylic acids is 1. The number of carbonyl (C=O) groups is 1. The predicted molar refractivity (Wildman–Crippen MR) is 76.8 cm³/mol. The first kappa shape index (κ1) is 12.5. The third-order valence-electron chi connectivity index (χ3n) is 4.66. The summed E-state index contributed by atoms with van der Waals surface area (Å²) in [7, 11) is 0. The van der Waals surface area contributed by atoms with Gasteiger partial charge in [0.1, 0.15) is 0 Å². The average Bonchev–Trinajstić information content (AvgIpc) is 2.86. The summed E-state index contributed by atoms with van der Waals surface area (Å²) < 4.78 is 0. The van der Waals surface area contributed by atoms with Gasteiger partial charge in [0.15, 0.2) is 0 Å². The molecular formula is C16H22N2O. The zero-order chi connectivity index (χ0) is 13.2. The van der Waals surface area contributed by atoms with Crippen LogP contribution in [-0.2, 0) is 4.79 Å². The molecule has 1 amide bonds. The smallest absolute Gasteiger partial charge is 0.222 e. The van der Waals surface area contributed by atoms with Crippen LogP contribution < -0.4 is 5.73 Å². The molecule has 2 N–H and O–H groups in total. The molecule has 0 unspecified atom stereocenters. The van der Waals surface area contributed by atoms with Crippen molar-refractivity contribution in [2.45, 2.75) is 50.5 Å². The Morgan fingerprint density at radius 2 is 1.74 bits per heavy atom. The van der Waals surface area contributed by atoms with Crippen molar-refractivity contribution in [3.8, 4) is 0 Å². The molecule has 0 atom stereocenters. The zero-order valence-corrected chi connectivity index (χ0v) is 11.3. The van der Waals surface area contributed by atoms with Gasteiger partial charge in [0.25, 0.3) is 0 Å². The Bertz CT molecular complexity index is 446. The molecule has 3 rings (SSSR count). The second-order valence-electron chi connectivity index (χ2n) is 5.86.